The van der Waals surface area contributed by atoms with E-state index in [4.69, 9.17) is 5.73 Å². The van der Waals surface area contributed by atoms with Crippen molar-refractivity contribution in [3.8, 4) is 0 Å². The third-order valence-corrected chi connectivity index (χ3v) is 1.77. The summed E-state index contributed by atoms with van der Waals surface area (Å²) in [7, 11) is 0. The molecule has 0 aliphatic heterocycles. The molecule has 0 bridgehead atoms. The molecule has 5 nitrogen and oxygen atoms in total. The van der Waals surface area contributed by atoms with Gasteiger partial charge in [0.15, 0.2) is 11.4 Å². The Balaban J connectivity index is 2.79. The first-order chi connectivity index (χ1) is 6.18. The minimum atomic E-state index is -0.0619. The molecule has 0 atom stereocenters. The minimum Gasteiger partial charge on any atom is -0.384 e. The van der Waals surface area contributed by atoms with Crippen LogP contribution in [0.4, 0.5) is 5.82 Å². The lowest BCUT2D eigenvalue weighted by Crippen LogP contribution is -1.98. The number of fused-ring (bicyclic) bond motifs is 1. The lowest BCUT2D eigenvalue weighted by atomic mass is 10.2. The highest BCUT2D eigenvalue weighted by Crippen LogP contribution is 2.09. The molecule has 0 radical (unpaired) electrons. The standard InChI is InChI=1S/C8H8N4O/c1-5(13)6-4-10-12-3-2-7(9)11-8(6)12/h2-4H,1H3,(H2,9,11). The number of nitrogens with two attached hydrogens (primary N) is 1. The molecule has 2 heterocycles. The second-order valence-electron chi connectivity index (χ2n) is 2.74. The highest BCUT2D eigenvalue weighted by Gasteiger charge is 2.09. The van der Waals surface area contributed by atoms with Gasteiger partial charge in [0, 0.05) is 6.20 Å². The van der Waals surface area contributed by atoms with E-state index in [9.17, 15) is 4.79 Å². The van der Waals surface area contributed by atoms with Gasteiger partial charge in [-0.1, -0.05) is 0 Å². The van der Waals surface area contributed by atoms with Crippen LogP contribution in [0.5, 0.6) is 0 Å². The summed E-state index contributed by atoms with van der Waals surface area (Å²) in [6, 6.07) is 1.63. The predicted octanol–water partition coefficient (Wildman–Crippen LogP) is 0.514. The summed E-state index contributed by atoms with van der Waals surface area (Å²) in [6.07, 6.45) is 3.16. The molecule has 0 aromatic carbocycles. The Morgan fingerprint density at radius 1 is 1.62 bits per heavy atom. The first kappa shape index (κ1) is 7.72. The Morgan fingerprint density at radius 3 is 3.08 bits per heavy atom. The van der Waals surface area contributed by atoms with Gasteiger partial charge in [-0.25, -0.2) is 9.50 Å². The number of rotatable bonds is 1. The zero-order valence-electron chi connectivity index (χ0n) is 7.06. The molecule has 2 aromatic heterocycles. The third kappa shape index (κ3) is 1.14. The molecule has 0 fully saturated rings. The van der Waals surface area contributed by atoms with Crippen LogP contribution in [0.1, 0.15) is 17.3 Å². The number of Topliss-reactive ketones (excluding diaryl/α,β-unsaturated/α-hetero) is 1. The van der Waals surface area contributed by atoms with E-state index in [1.165, 1.54) is 17.6 Å². The smallest absolute Gasteiger partial charge is 0.168 e. The van der Waals surface area contributed by atoms with E-state index in [1.807, 2.05) is 0 Å². The van der Waals surface area contributed by atoms with E-state index in [0.29, 0.717) is 17.0 Å². The van der Waals surface area contributed by atoms with Gasteiger partial charge in [-0.3, -0.25) is 4.79 Å². The first-order valence-corrected chi connectivity index (χ1v) is 3.79. The van der Waals surface area contributed by atoms with Gasteiger partial charge >= 0.3 is 0 Å². The lowest BCUT2D eigenvalue weighted by Gasteiger charge is -1.95. The number of carbonyl (C=O) groups is 1. The second kappa shape index (κ2) is 2.55. The van der Waals surface area contributed by atoms with Crippen molar-refractivity contribution in [3.05, 3.63) is 24.0 Å². The Kier molecular flexibility index (Phi) is 1.51. The van der Waals surface area contributed by atoms with Crippen LogP contribution in [0.3, 0.4) is 0 Å². The van der Waals surface area contributed by atoms with Crippen molar-refractivity contribution in [2.24, 2.45) is 0 Å². The quantitative estimate of drug-likeness (QED) is 0.642. The van der Waals surface area contributed by atoms with Crippen molar-refractivity contribution >= 4 is 17.2 Å². The summed E-state index contributed by atoms with van der Waals surface area (Å²) in [5, 5.41) is 3.96. The summed E-state index contributed by atoms with van der Waals surface area (Å²) in [4.78, 5) is 15.1. The number of nitrogens with zero attached hydrogens (tertiary/aromatic N) is 3. The van der Waals surface area contributed by atoms with Crippen LogP contribution in [0.2, 0.25) is 0 Å². The summed E-state index contributed by atoms with van der Waals surface area (Å²) >= 11 is 0. The molecule has 2 rings (SSSR count). The van der Waals surface area contributed by atoms with Gasteiger partial charge in [0.25, 0.3) is 0 Å². The van der Waals surface area contributed by atoms with Crippen LogP contribution in [0.15, 0.2) is 18.5 Å². The Labute approximate surface area is 74.2 Å². The maximum absolute atomic E-state index is 11.1. The molecule has 0 unspecified atom stereocenters. The average Bonchev–Trinajstić information content (AvgIpc) is 2.46. The van der Waals surface area contributed by atoms with Gasteiger partial charge in [-0.15, -0.1) is 0 Å². The molecule has 66 valence electrons. The van der Waals surface area contributed by atoms with Crippen LogP contribution < -0.4 is 5.73 Å². The normalized spacial score (nSPS) is 10.5. The Morgan fingerprint density at radius 2 is 2.38 bits per heavy atom. The Bertz CT molecular complexity index is 474. The monoisotopic (exact) mass is 176 g/mol. The molecule has 0 saturated heterocycles. The van der Waals surface area contributed by atoms with Crippen molar-refractivity contribution in [2.75, 3.05) is 5.73 Å². The SMILES string of the molecule is CC(=O)c1cnn2ccc(N)nc12. The molecule has 0 spiro atoms. The maximum atomic E-state index is 11.1. The van der Waals surface area contributed by atoms with Crippen LogP contribution in [0, 0.1) is 0 Å². The number of hydrogen-bond donors (Lipinski definition) is 1. The second-order valence-corrected chi connectivity index (χ2v) is 2.74. The molecule has 0 saturated carbocycles. The zero-order valence-corrected chi connectivity index (χ0v) is 7.06. The van der Waals surface area contributed by atoms with Crippen LogP contribution >= 0.6 is 0 Å². The van der Waals surface area contributed by atoms with E-state index in [0.717, 1.165) is 0 Å². The third-order valence-electron chi connectivity index (χ3n) is 1.77. The van der Waals surface area contributed by atoms with E-state index in [-0.39, 0.29) is 5.78 Å². The molecular formula is C8H8N4O. The van der Waals surface area contributed by atoms with Gasteiger partial charge < -0.3 is 5.73 Å². The molecule has 13 heavy (non-hydrogen) atoms. The lowest BCUT2D eigenvalue weighted by molar-refractivity contribution is 0.101. The zero-order chi connectivity index (χ0) is 9.42. The predicted molar refractivity (Wildman–Crippen MR) is 47.4 cm³/mol. The maximum Gasteiger partial charge on any atom is 0.168 e. The van der Waals surface area contributed by atoms with Crippen LogP contribution in [0.25, 0.3) is 5.65 Å². The fourth-order valence-corrected chi connectivity index (χ4v) is 1.13. The van der Waals surface area contributed by atoms with Crippen LogP contribution in [-0.2, 0) is 0 Å². The van der Waals surface area contributed by atoms with E-state index in [2.05, 4.69) is 10.1 Å². The largest absolute Gasteiger partial charge is 0.384 e. The van der Waals surface area contributed by atoms with Gasteiger partial charge in [0.1, 0.15) is 5.82 Å². The van der Waals surface area contributed by atoms with Crippen molar-refractivity contribution in [1.82, 2.24) is 14.6 Å². The van der Waals surface area contributed by atoms with Crippen molar-refractivity contribution < 1.29 is 4.79 Å². The van der Waals surface area contributed by atoms with Gasteiger partial charge in [-0.2, -0.15) is 5.10 Å². The van der Waals surface area contributed by atoms with Crippen molar-refractivity contribution in [1.29, 1.82) is 0 Å². The molecule has 0 aliphatic rings. The average molecular weight is 176 g/mol. The number of nitrogen functional groups attached to an aromatic ring is 1. The van der Waals surface area contributed by atoms with Gasteiger partial charge in [-0.05, 0) is 13.0 Å². The van der Waals surface area contributed by atoms with Crippen molar-refractivity contribution in [2.45, 2.75) is 6.92 Å². The number of aromatic nitrogens is 3. The van der Waals surface area contributed by atoms with E-state index in [1.54, 1.807) is 12.3 Å². The molecule has 5 heteroatoms. The summed E-state index contributed by atoms with van der Waals surface area (Å²) in [5.41, 5.74) is 6.49. The van der Waals surface area contributed by atoms with E-state index < -0.39 is 0 Å². The fourth-order valence-electron chi connectivity index (χ4n) is 1.13. The molecule has 0 amide bonds. The Hall–Kier alpha value is -1.91. The van der Waals surface area contributed by atoms with Gasteiger partial charge in [0.05, 0.1) is 11.8 Å². The fraction of sp³-hybridized carbons (Fsp3) is 0.125. The highest BCUT2D eigenvalue weighted by atomic mass is 16.1. The molecular weight excluding hydrogens is 168 g/mol. The molecule has 2 aromatic rings. The summed E-state index contributed by atoms with van der Waals surface area (Å²) < 4.78 is 1.52. The number of hydrogen-bond acceptors (Lipinski definition) is 4. The van der Waals surface area contributed by atoms with E-state index >= 15 is 0 Å². The number of ketones is 1. The summed E-state index contributed by atoms with van der Waals surface area (Å²) in [5.74, 6) is 0.323. The highest BCUT2D eigenvalue weighted by molar-refractivity contribution is 5.99. The minimum absolute atomic E-state index is 0.0619. The number of carbonyl (C=O) groups excluding carboxylic acids is 1. The van der Waals surface area contributed by atoms with Gasteiger partial charge in [0.2, 0.25) is 0 Å². The molecule has 2 N–H and O–H groups in total. The topological polar surface area (TPSA) is 73.3 Å². The summed E-state index contributed by atoms with van der Waals surface area (Å²) in [6.45, 7) is 1.47. The first-order valence-electron chi connectivity index (χ1n) is 3.79. The van der Waals surface area contributed by atoms with Crippen molar-refractivity contribution in [3.63, 3.8) is 0 Å². The molecule has 0 aliphatic carbocycles. The van der Waals surface area contributed by atoms with Crippen LogP contribution in [-0.4, -0.2) is 20.4 Å². The number of anilines is 1.